The van der Waals surface area contributed by atoms with E-state index >= 15 is 0 Å². The fourth-order valence-corrected chi connectivity index (χ4v) is 10.6. The molecule has 1 heterocycles. The summed E-state index contributed by atoms with van der Waals surface area (Å²) in [6.07, 6.45) is 6.17. The van der Waals surface area contributed by atoms with Gasteiger partial charge in [0.1, 0.15) is 11.2 Å². The lowest BCUT2D eigenvalue weighted by Crippen LogP contribution is -2.30. The monoisotopic (exact) mass is 761 g/mol. The van der Waals surface area contributed by atoms with E-state index in [0.29, 0.717) is 0 Å². The molecule has 2 heteroatoms. The van der Waals surface area contributed by atoms with E-state index in [4.69, 9.17) is 4.42 Å². The first kappa shape index (κ1) is 35.5. The van der Waals surface area contributed by atoms with Crippen molar-refractivity contribution in [3.63, 3.8) is 0 Å². The topological polar surface area (TPSA) is 16.4 Å². The standard InChI is InChI=1S/C57H47NO/c1-56(2)50-34-32-44(37-49(50)54-46(23-15-25-51(54)56)39-17-7-3-8-18-39)58(43-29-27-42(28-30-43)57(35-13-6-14-36-57)41-21-11-5-12-22-41)45-31-33-48-53(38-45)59-52-26-16-24-47(55(48)52)40-19-9-4-10-20-40/h3-5,7-12,15-34,37-38H,6,13-14,35-36H2,1-2H3. The molecule has 286 valence electrons. The minimum Gasteiger partial charge on any atom is -0.456 e. The summed E-state index contributed by atoms with van der Waals surface area (Å²) < 4.78 is 6.72. The maximum absolute atomic E-state index is 6.72. The van der Waals surface area contributed by atoms with Crippen LogP contribution < -0.4 is 4.90 Å². The summed E-state index contributed by atoms with van der Waals surface area (Å²) in [6.45, 7) is 4.74. The number of furan rings is 1. The molecular weight excluding hydrogens is 715 g/mol. The van der Waals surface area contributed by atoms with Gasteiger partial charge in [-0.25, -0.2) is 0 Å². The molecule has 0 N–H and O–H groups in total. The van der Waals surface area contributed by atoms with Crippen molar-refractivity contribution in [2.75, 3.05) is 4.90 Å². The highest BCUT2D eigenvalue weighted by Gasteiger charge is 2.38. The first-order valence-electron chi connectivity index (χ1n) is 21.3. The Morgan fingerprint density at radius 3 is 1.76 bits per heavy atom. The summed E-state index contributed by atoms with van der Waals surface area (Å²) in [7, 11) is 0. The van der Waals surface area contributed by atoms with Crippen molar-refractivity contribution in [3.8, 4) is 33.4 Å². The van der Waals surface area contributed by atoms with Crippen molar-refractivity contribution in [2.24, 2.45) is 0 Å². The summed E-state index contributed by atoms with van der Waals surface area (Å²) >= 11 is 0. The second kappa shape index (κ2) is 14.0. The minimum absolute atomic E-state index is 0.0310. The summed E-state index contributed by atoms with van der Waals surface area (Å²) in [5.41, 5.74) is 18.1. The molecule has 0 unspecified atom stereocenters. The Morgan fingerprint density at radius 2 is 1.03 bits per heavy atom. The van der Waals surface area contributed by atoms with Gasteiger partial charge in [-0.3, -0.25) is 0 Å². The molecule has 2 nitrogen and oxygen atoms in total. The quantitative estimate of drug-likeness (QED) is 0.161. The van der Waals surface area contributed by atoms with Crippen molar-refractivity contribution < 1.29 is 4.42 Å². The number of rotatable bonds is 7. The van der Waals surface area contributed by atoms with Crippen LogP contribution in [0.5, 0.6) is 0 Å². The van der Waals surface area contributed by atoms with Gasteiger partial charge in [0.25, 0.3) is 0 Å². The summed E-state index contributed by atoms with van der Waals surface area (Å²) in [4.78, 5) is 2.43. The third-order valence-electron chi connectivity index (χ3n) is 13.6. The van der Waals surface area contributed by atoms with Gasteiger partial charge in [0.15, 0.2) is 0 Å². The Morgan fingerprint density at radius 1 is 0.441 bits per heavy atom. The average Bonchev–Trinajstić information content (AvgIpc) is 3.79. The Balaban J connectivity index is 1.09. The van der Waals surface area contributed by atoms with Crippen LogP contribution in [0, 0.1) is 0 Å². The Kier molecular flexibility index (Phi) is 8.44. The van der Waals surface area contributed by atoms with Crippen molar-refractivity contribution in [3.05, 3.63) is 210 Å². The molecule has 9 aromatic rings. The van der Waals surface area contributed by atoms with Gasteiger partial charge in [-0.15, -0.1) is 0 Å². The van der Waals surface area contributed by atoms with E-state index in [0.717, 1.165) is 39.0 Å². The number of hydrogen-bond donors (Lipinski definition) is 0. The molecule has 2 aliphatic carbocycles. The molecule has 0 spiro atoms. The predicted molar refractivity (Wildman–Crippen MR) is 247 cm³/mol. The zero-order valence-corrected chi connectivity index (χ0v) is 33.8. The lowest BCUT2D eigenvalue weighted by atomic mass is 9.65. The molecule has 8 aromatic carbocycles. The number of benzene rings is 8. The SMILES string of the molecule is CC1(C)c2ccc(N(c3ccc(C4(c5ccccc5)CCCCC4)cc3)c3ccc4c(c3)oc3cccc(-c5ccccc5)c34)cc2-c2c(-c3ccccc3)cccc21. The number of hydrogen-bond acceptors (Lipinski definition) is 2. The second-order valence-electron chi connectivity index (χ2n) is 17.2. The molecule has 59 heavy (non-hydrogen) atoms. The normalized spacial score (nSPS) is 15.2. The van der Waals surface area contributed by atoms with E-state index < -0.39 is 0 Å². The van der Waals surface area contributed by atoms with Crippen LogP contribution >= 0.6 is 0 Å². The first-order valence-corrected chi connectivity index (χ1v) is 21.3. The van der Waals surface area contributed by atoms with Gasteiger partial charge in [-0.1, -0.05) is 173 Å². The van der Waals surface area contributed by atoms with Crippen LogP contribution in [-0.4, -0.2) is 0 Å². The molecule has 0 aliphatic heterocycles. The molecule has 0 amide bonds. The Hall–Kier alpha value is -6.64. The van der Waals surface area contributed by atoms with E-state index in [9.17, 15) is 0 Å². The Labute approximate surface area is 347 Å². The zero-order chi connectivity index (χ0) is 39.6. The third-order valence-corrected chi connectivity index (χ3v) is 13.6. The number of nitrogens with zero attached hydrogens (tertiary/aromatic N) is 1. The van der Waals surface area contributed by atoms with E-state index in [1.54, 1.807) is 0 Å². The van der Waals surface area contributed by atoms with Crippen LogP contribution in [0.3, 0.4) is 0 Å². The summed E-state index contributed by atoms with van der Waals surface area (Å²) in [5.74, 6) is 0. The molecule has 2 aliphatic rings. The molecule has 1 aromatic heterocycles. The largest absolute Gasteiger partial charge is 0.456 e. The van der Waals surface area contributed by atoms with E-state index in [1.165, 1.54) is 87.7 Å². The maximum atomic E-state index is 6.72. The maximum Gasteiger partial charge on any atom is 0.137 e. The molecular formula is C57H47NO. The van der Waals surface area contributed by atoms with Crippen molar-refractivity contribution in [1.29, 1.82) is 0 Å². The van der Waals surface area contributed by atoms with Gasteiger partial charge in [0.2, 0.25) is 0 Å². The van der Waals surface area contributed by atoms with Crippen LogP contribution in [0.15, 0.2) is 192 Å². The van der Waals surface area contributed by atoms with Gasteiger partial charge in [-0.2, -0.15) is 0 Å². The first-order chi connectivity index (χ1) is 29.0. The highest BCUT2D eigenvalue weighted by atomic mass is 16.3. The minimum atomic E-state index is -0.129. The van der Waals surface area contributed by atoms with Crippen molar-refractivity contribution >= 4 is 39.0 Å². The van der Waals surface area contributed by atoms with Gasteiger partial charge in [0.05, 0.1) is 0 Å². The second-order valence-corrected chi connectivity index (χ2v) is 17.2. The molecule has 0 radical (unpaired) electrons. The molecule has 1 fully saturated rings. The lowest BCUT2D eigenvalue weighted by molar-refractivity contribution is 0.346. The highest BCUT2D eigenvalue weighted by Crippen LogP contribution is 2.54. The van der Waals surface area contributed by atoms with Crippen molar-refractivity contribution in [2.45, 2.75) is 56.8 Å². The van der Waals surface area contributed by atoms with Gasteiger partial charge < -0.3 is 9.32 Å². The van der Waals surface area contributed by atoms with E-state index in [1.807, 2.05) is 0 Å². The average molecular weight is 762 g/mol. The fraction of sp³-hybridized carbons (Fsp3) is 0.158. The van der Waals surface area contributed by atoms with Crippen LogP contribution in [0.25, 0.3) is 55.3 Å². The smallest absolute Gasteiger partial charge is 0.137 e. The molecule has 0 bridgehead atoms. The lowest BCUT2D eigenvalue weighted by Gasteiger charge is -2.39. The van der Waals surface area contributed by atoms with Crippen LogP contribution in [-0.2, 0) is 10.8 Å². The predicted octanol–water partition coefficient (Wildman–Crippen LogP) is 15.9. The highest BCUT2D eigenvalue weighted by molar-refractivity contribution is 6.13. The van der Waals surface area contributed by atoms with Crippen LogP contribution in [0.2, 0.25) is 0 Å². The van der Waals surface area contributed by atoms with Crippen LogP contribution in [0.1, 0.15) is 68.2 Å². The third kappa shape index (κ3) is 5.76. The summed E-state index contributed by atoms with van der Waals surface area (Å²) in [5, 5.41) is 2.28. The molecule has 0 saturated heterocycles. The fourth-order valence-electron chi connectivity index (χ4n) is 10.6. The van der Waals surface area contributed by atoms with E-state index in [-0.39, 0.29) is 10.8 Å². The zero-order valence-electron chi connectivity index (χ0n) is 33.8. The van der Waals surface area contributed by atoms with Gasteiger partial charge in [0, 0.05) is 44.7 Å². The number of fused-ring (bicyclic) bond motifs is 6. The molecule has 1 saturated carbocycles. The van der Waals surface area contributed by atoms with Crippen molar-refractivity contribution in [1.82, 2.24) is 0 Å². The van der Waals surface area contributed by atoms with Crippen LogP contribution in [0.4, 0.5) is 17.1 Å². The summed E-state index contributed by atoms with van der Waals surface area (Å²) in [6, 6.07) is 69.4. The molecule has 11 rings (SSSR count). The van der Waals surface area contributed by atoms with E-state index in [2.05, 4.69) is 207 Å². The van der Waals surface area contributed by atoms with Gasteiger partial charge >= 0.3 is 0 Å². The Bertz CT molecular complexity index is 2970. The number of anilines is 3. The van der Waals surface area contributed by atoms with Gasteiger partial charge in [-0.05, 0) is 111 Å². The molecule has 0 atom stereocenters.